The average Bonchev–Trinajstić information content (AvgIpc) is 3.50. The third kappa shape index (κ3) is 5.42. The molecule has 0 bridgehead atoms. The van der Waals surface area contributed by atoms with Gasteiger partial charge in [0.1, 0.15) is 11.3 Å². The summed E-state index contributed by atoms with van der Waals surface area (Å²) >= 11 is 1.26. The zero-order valence-corrected chi connectivity index (χ0v) is 18.7. The van der Waals surface area contributed by atoms with E-state index in [0.717, 1.165) is 16.1 Å². The highest BCUT2D eigenvalue weighted by Crippen LogP contribution is 2.25. The molecule has 4 rings (SSSR count). The molecule has 0 fully saturated rings. The molecule has 0 atom stereocenters. The lowest BCUT2D eigenvalue weighted by molar-refractivity contribution is -0.119. The highest BCUT2D eigenvalue weighted by molar-refractivity contribution is 7.14. The molecule has 2 aromatic heterocycles. The first-order valence-corrected chi connectivity index (χ1v) is 11.1. The van der Waals surface area contributed by atoms with E-state index in [4.69, 9.17) is 4.74 Å². The number of ether oxygens (including phenoxy) is 1. The first-order chi connectivity index (χ1) is 16.0. The normalized spacial score (nSPS) is 10.6. The van der Waals surface area contributed by atoms with Crippen LogP contribution in [0.1, 0.15) is 31.8 Å². The minimum Gasteiger partial charge on any atom is -0.454 e. The van der Waals surface area contributed by atoms with Crippen LogP contribution in [0.25, 0.3) is 16.9 Å². The van der Waals surface area contributed by atoms with Gasteiger partial charge < -0.3 is 10.1 Å². The Kier molecular flexibility index (Phi) is 6.75. The first kappa shape index (κ1) is 22.2. The third-order valence-electron chi connectivity index (χ3n) is 4.78. The zero-order valence-electron chi connectivity index (χ0n) is 17.9. The van der Waals surface area contributed by atoms with Crippen LogP contribution in [-0.4, -0.2) is 34.0 Å². The maximum atomic E-state index is 12.9. The van der Waals surface area contributed by atoms with Crippen LogP contribution in [0, 0.1) is 0 Å². The molecular formula is C25H21N3O4S. The molecule has 0 saturated carbocycles. The maximum absolute atomic E-state index is 12.9. The van der Waals surface area contributed by atoms with Gasteiger partial charge in [0.25, 0.3) is 0 Å². The number of rotatable bonds is 8. The predicted octanol–water partition coefficient (Wildman–Crippen LogP) is 4.28. The number of thiophene rings is 1. The number of nitrogens with zero attached hydrogens (tertiary/aromatic N) is 2. The lowest BCUT2D eigenvalue weighted by atomic mass is 10.1. The number of benzene rings is 2. The van der Waals surface area contributed by atoms with E-state index in [-0.39, 0.29) is 23.9 Å². The summed E-state index contributed by atoms with van der Waals surface area (Å²) < 4.78 is 6.98. The Hall–Kier alpha value is -4.04. The molecule has 33 heavy (non-hydrogen) atoms. The molecule has 8 heteroatoms. The number of amides is 1. The Labute approximate surface area is 194 Å². The second-order valence-electron chi connectivity index (χ2n) is 7.21. The monoisotopic (exact) mass is 459 g/mol. The van der Waals surface area contributed by atoms with Crippen LogP contribution in [0.4, 0.5) is 0 Å². The van der Waals surface area contributed by atoms with Crippen molar-refractivity contribution in [1.29, 1.82) is 0 Å². The molecule has 166 valence electrons. The van der Waals surface area contributed by atoms with Crippen molar-refractivity contribution in [2.24, 2.45) is 0 Å². The summed E-state index contributed by atoms with van der Waals surface area (Å²) in [5, 5.41) is 7.28. The van der Waals surface area contributed by atoms with Crippen molar-refractivity contribution in [3.05, 3.63) is 94.3 Å². The second kappa shape index (κ2) is 10.1. The van der Waals surface area contributed by atoms with Crippen LogP contribution in [0.2, 0.25) is 0 Å². The summed E-state index contributed by atoms with van der Waals surface area (Å²) in [7, 11) is 0. The Morgan fingerprint density at radius 1 is 0.970 bits per heavy atom. The van der Waals surface area contributed by atoms with E-state index in [1.807, 2.05) is 60.7 Å². The Morgan fingerprint density at radius 3 is 2.36 bits per heavy atom. The molecule has 1 N–H and O–H groups in total. The Balaban J connectivity index is 1.51. The average molecular weight is 460 g/mol. The van der Waals surface area contributed by atoms with Crippen molar-refractivity contribution in [1.82, 2.24) is 15.1 Å². The molecular weight excluding hydrogens is 438 g/mol. The van der Waals surface area contributed by atoms with Gasteiger partial charge >= 0.3 is 5.97 Å². The molecule has 4 aromatic rings. The van der Waals surface area contributed by atoms with Gasteiger partial charge in [0.15, 0.2) is 6.61 Å². The zero-order chi connectivity index (χ0) is 23.2. The van der Waals surface area contributed by atoms with Crippen LogP contribution in [0.3, 0.4) is 0 Å². The van der Waals surface area contributed by atoms with Gasteiger partial charge in [0.2, 0.25) is 11.7 Å². The fourth-order valence-electron chi connectivity index (χ4n) is 3.16. The van der Waals surface area contributed by atoms with E-state index in [1.54, 1.807) is 23.0 Å². The number of nitrogens with one attached hydrogen (secondary N) is 1. The molecule has 0 saturated heterocycles. The number of aromatic nitrogens is 2. The number of carbonyl (C=O) groups is 3. The fraction of sp³-hybridized carbons (Fsp3) is 0.120. The topological polar surface area (TPSA) is 90.3 Å². The van der Waals surface area contributed by atoms with Crippen molar-refractivity contribution in [3.63, 3.8) is 0 Å². The fourth-order valence-corrected chi connectivity index (χ4v) is 4.03. The largest absolute Gasteiger partial charge is 0.454 e. The van der Waals surface area contributed by atoms with Gasteiger partial charge in [-0.05, 0) is 24.3 Å². The highest BCUT2D eigenvalue weighted by Gasteiger charge is 2.21. The molecule has 0 radical (unpaired) electrons. The molecule has 0 unspecified atom stereocenters. The third-order valence-corrected chi connectivity index (χ3v) is 5.91. The summed E-state index contributed by atoms with van der Waals surface area (Å²) in [5.41, 5.74) is 2.32. The van der Waals surface area contributed by atoms with Crippen LogP contribution in [0.15, 0.2) is 79.0 Å². The number of carbonyl (C=O) groups excluding carboxylic acids is 3. The van der Waals surface area contributed by atoms with Gasteiger partial charge in [0, 0.05) is 23.6 Å². The Morgan fingerprint density at radius 2 is 1.67 bits per heavy atom. The summed E-state index contributed by atoms with van der Waals surface area (Å²) in [4.78, 5) is 37.8. The van der Waals surface area contributed by atoms with Crippen molar-refractivity contribution < 1.29 is 19.1 Å². The Bertz CT molecular complexity index is 1280. The molecule has 0 spiro atoms. The number of Topliss-reactive ketones (excluding diaryl/α,β-unsaturated/α-hetero) is 1. The van der Waals surface area contributed by atoms with Crippen molar-refractivity contribution >= 4 is 29.0 Å². The lowest BCUT2D eigenvalue weighted by Gasteiger charge is -2.04. The van der Waals surface area contributed by atoms with Gasteiger partial charge in [-0.3, -0.25) is 9.59 Å². The minimum atomic E-state index is -0.626. The van der Waals surface area contributed by atoms with Crippen LogP contribution in [-0.2, 0) is 16.1 Å². The van der Waals surface area contributed by atoms with E-state index in [1.165, 1.54) is 18.3 Å². The van der Waals surface area contributed by atoms with E-state index < -0.39 is 5.97 Å². The minimum absolute atomic E-state index is 0.143. The predicted molar refractivity (Wildman–Crippen MR) is 125 cm³/mol. The van der Waals surface area contributed by atoms with E-state index in [0.29, 0.717) is 17.1 Å². The van der Waals surface area contributed by atoms with Crippen molar-refractivity contribution in [2.75, 3.05) is 6.61 Å². The van der Waals surface area contributed by atoms with Gasteiger partial charge in [-0.2, -0.15) is 5.10 Å². The lowest BCUT2D eigenvalue weighted by Crippen LogP contribution is -2.18. The molecule has 0 aliphatic rings. The number of ketones is 1. The van der Waals surface area contributed by atoms with Crippen molar-refractivity contribution in [2.45, 2.75) is 13.5 Å². The van der Waals surface area contributed by atoms with Gasteiger partial charge in [-0.15, -0.1) is 11.3 Å². The quantitative estimate of drug-likeness (QED) is 0.314. The summed E-state index contributed by atoms with van der Waals surface area (Å²) in [6.07, 6.45) is 1.61. The highest BCUT2D eigenvalue weighted by atomic mass is 32.1. The van der Waals surface area contributed by atoms with E-state index in [2.05, 4.69) is 10.4 Å². The smallest absolute Gasteiger partial charge is 0.342 e. The first-order valence-electron chi connectivity index (χ1n) is 10.3. The van der Waals surface area contributed by atoms with E-state index in [9.17, 15) is 14.4 Å². The van der Waals surface area contributed by atoms with Crippen LogP contribution in [0.5, 0.6) is 0 Å². The van der Waals surface area contributed by atoms with E-state index >= 15 is 0 Å². The van der Waals surface area contributed by atoms with Crippen LogP contribution >= 0.6 is 11.3 Å². The van der Waals surface area contributed by atoms with Gasteiger partial charge in [-0.1, -0.05) is 48.5 Å². The molecule has 0 aliphatic carbocycles. The van der Waals surface area contributed by atoms with Crippen molar-refractivity contribution in [3.8, 4) is 16.9 Å². The number of hydrogen-bond donors (Lipinski definition) is 1. The summed E-state index contributed by atoms with van der Waals surface area (Å²) in [6.45, 7) is 1.40. The standard InChI is InChI=1S/C25H21N3O4S/c1-17(29)26-14-20-12-13-23(33-20)22(30)16-32-25(31)21-15-28(19-10-6-3-7-11-19)27-24(21)18-8-4-2-5-9-18/h2-13,15H,14,16H2,1H3,(H,26,29). The molecule has 1 amide bonds. The maximum Gasteiger partial charge on any atom is 0.342 e. The second-order valence-corrected chi connectivity index (χ2v) is 8.38. The molecule has 7 nitrogen and oxygen atoms in total. The SMILES string of the molecule is CC(=O)NCc1ccc(C(=O)COC(=O)c2cn(-c3ccccc3)nc2-c2ccccc2)s1. The number of para-hydroxylation sites is 1. The van der Waals surface area contributed by atoms with Gasteiger partial charge in [0.05, 0.1) is 17.1 Å². The summed E-state index contributed by atoms with van der Waals surface area (Å²) in [5.74, 6) is -1.07. The van der Waals surface area contributed by atoms with Crippen LogP contribution < -0.4 is 5.32 Å². The van der Waals surface area contributed by atoms with Gasteiger partial charge in [-0.25, -0.2) is 9.48 Å². The molecule has 0 aliphatic heterocycles. The summed E-state index contributed by atoms with van der Waals surface area (Å²) in [6, 6.07) is 22.2. The number of esters is 1. The molecule has 2 aromatic carbocycles. The molecule has 2 heterocycles. The number of hydrogen-bond acceptors (Lipinski definition) is 6.